The molecule has 0 aliphatic carbocycles. The second-order valence-corrected chi connectivity index (χ2v) is 5.51. The molecule has 1 aromatic carbocycles. The lowest BCUT2D eigenvalue weighted by molar-refractivity contribution is 0.0535. The van der Waals surface area contributed by atoms with Crippen molar-refractivity contribution in [3.63, 3.8) is 0 Å². The van der Waals surface area contributed by atoms with E-state index in [1.54, 1.807) is 39.0 Å². The summed E-state index contributed by atoms with van der Waals surface area (Å²) in [6.07, 6.45) is -0.0245. The van der Waals surface area contributed by atoms with E-state index in [1.165, 1.54) is 0 Å². The second-order valence-electron chi connectivity index (χ2n) is 5.51. The summed E-state index contributed by atoms with van der Waals surface area (Å²) < 4.78 is 5.09. The molecule has 1 amide bonds. The number of ether oxygens (including phenoxy) is 1. The van der Waals surface area contributed by atoms with E-state index in [0.29, 0.717) is 12.0 Å². The molecule has 0 radical (unpaired) electrons. The average molecular weight is 287 g/mol. The highest BCUT2D eigenvalue weighted by molar-refractivity contribution is 5.96. The van der Waals surface area contributed by atoms with Crippen LogP contribution in [0.3, 0.4) is 0 Å². The van der Waals surface area contributed by atoms with E-state index < -0.39 is 11.7 Å². The number of hydrogen-bond acceptors (Lipinski definition) is 3. The summed E-state index contributed by atoms with van der Waals surface area (Å²) in [6, 6.07) is 7.16. The first-order valence-corrected chi connectivity index (χ1v) is 6.91. The maximum Gasteiger partial charge on any atom is 0.408 e. The first kappa shape index (κ1) is 16.8. The van der Waals surface area contributed by atoms with Gasteiger partial charge in [-0.15, -0.1) is 0 Å². The normalized spacial score (nSPS) is 10.3. The minimum absolute atomic E-state index is 0.0885. The van der Waals surface area contributed by atoms with Gasteiger partial charge >= 0.3 is 6.09 Å². The quantitative estimate of drug-likeness (QED) is 0.686. The zero-order chi connectivity index (χ0) is 15.9. The fourth-order valence-corrected chi connectivity index (χ4v) is 1.55. The molecule has 0 saturated heterocycles. The third-order valence-electron chi connectivity index (χ3n) is 2.46. The van der Waals surface area contributed by atoms with Crippen LogP contribution in [0.4, 0.5) is 4.79 Å². The molecule has 4 heteroatoms. The fraction of sp³-hybridized carbons (Fsp3) is 0.412. The van der Waals surface area contributed by atoms with Crippen LogP contribution in [-0.2, 0) is 4.74 Å². The molecular formula is C17H21NO3. The van der Waals surface area contributed by atoms with E-state index in [1.807, 2.05) is 13.0 Å². The summed E-state index contributed by atoms with van der Waals surface area (Å²) in [5.74, 6) is 5.83. The molecule has 0 aromatic heterocycles. The molecule has 112 valence electrons. The predicted molar refractivity (Wildman–Crippen MR) is 82.2 cm³/mol. The van der Waals surface area contributed by atoms with E-state index in [-0.39, 0.29) is 12.3 Å². The zero-order valence-corrected chi connectivity index (χ0v) is 12.9. The molecule has 1 rings (SSSR count). The van der Waals surface area contributed by atoms with Gasteiger partial charge in [-0.3, -0.25) is 4.79 Å². The van der Waals surface area contributed by atoms with Crippen molar-refractivity contribution in [2.45, 2.75) is 39.7 Å². The summed E-state index contributed by atoms with van der Waals surface area (Å²) in [6.45, 7) is 7.42. The molecule has 1 N–H and O–H groups in total. The molecule has 0 unspecified atom stereocenters. The van der Waals surface area contributed by atoms with Crippen molar-refractivity contribution in [1.82, 2.24) is 5.32 Å². The van der Waals surface area contributed by atoms with Gasteiger partial charge in [0.05, 0.1) is 6.54 Å². The largest absolute Gasteiger partial charge is 0.444 e. The van der Waals surface area contributed by atoms with Crippen molar-refractivity contribution >= 4 is 11.9 Å². The Balaban J connectivity index is 2.56. The van der Waals surface area contributed by atoms with Crippen molar-refractivity contribution in [3.05, 3.63) is 35.4 Å². The lowest BCUT2D eigenvalue weighted by atomic mass is 10.1. The number of benzene rings is 1. The molecular weight excluding hydrogens is 266 g/mol. The van der Waals surface area contributed by atoms with Gasteiger partial charge in [-0.05, 0) is 32.9 Å². The number of amides is 1. The van der Waals surface area contributed by atoms with Crippen LogP contribution in [0.15, 0.2) is 24.3 Å². The van der Waals surface area contributed by atoms with Gasteiger partial charge < -0.3 is 10.1 Å². The summed E-state index contributed by atoms with van der Waals surface area (Å²) in [5, 5.41) is 2.56. The molecule has 1 aromatic rings. The number of rotatable bonds is 3. The van der Waals surface area contributed by atoms with Gasteiger partial charge in [0, 0.05) is 17.5 Å². The molecule has 21 heavy (non-hydrogen) atoms. The summed E-state index contributed by atoms with van der Waals surface area (Å²) in [4.78, 5) is 23.0. The van der Waals surface area contributed by atoms with Gasteiger partial charge in [-0.25, -0.2) is 4.79 Å². The Morgan fingerprint density at radius 1 is 1.29 bits per heavy atom. The van der Waals surface area contributed by atoms with Crippen LogP contribution in [0, 0.1) is 11.8 Å². The number of Topliss-reactive ketones (excluding diaryl/α,β-unsaturated/α-hetero) is 1. The number of ketones is 1. The van der Waals surface area contributed by atoms with Crippen LogP contribution in [0.5, 0.6) is 0 Å². The minimum atomic E-state index is -0.521. The van der Waals surface area contributed by atoms with Crippen molar-refractivity contribution in [1.29, 1.82) is 0 Å². The number of alkyl carbamates (subject to hydrolysis) is 1. The monoisotopic (exact) mass is 287 g/mol. The summed E-state index contributed by atoms with van der Waals surface area (Å²) >= 11 is 0. The van der Waals surface area contributed by atoms with Crippen LogP contribution < -0.4 is 5.32 Å². The Bertz CT molecular complexity index is 574. The highest BCUT2D eigenvalue weighted by Crippen LogP contribution is 2.07. The van der Waals surface area contributed by atoms with Crippen LogP contribution >= 0.6 is 0 Å². The van der Waals surface area contributed by atoms with Crippen LogP contribution in [0.25, 0.3) is 0 Å². The Morgan fingerprint density at radius 2 is 2.00 bits per heavy atom. The van der Waals surface area contributed by atoms with Gasteiger partial charge in [0.1, 0.15) is 5.60 Å². The van der Waals surface area contributed by atoms with E-state index >= 15 is 0 Å². The molecule has 0 saturated carbocycles. The molecule has 0 aliphatic rings. The second kappa shape index (κ2) is 7.49. The fourth-order valence-electron chi connectivity index (χ4n) is 1.55. The van der Waals surface area contributed by atoms with Crippen molar-refractivity contribution < 1.29 is 14.3 Å². The van der Waals surface area contributed by atoms with Crippen LogP contribution in [-0.4, -0.2) is 24.0 Å². The van der Waals surface area contributed by atoms with Gasteiger partial charge in [-0.1, -0.05) is 30.9 Å². The van der Waals surface area contributed by atoms with Gasteiger partial charge in [-0.2, -0.15) is 0 Å². The van der Waals surface area contributed by atoms with E-state index in [4.69, 9.17) is 4.74 Å². The lowest BCUT2D eigenvalue weighted by Gasteiger charge is -2.18. The van der Waals surface area contributed by atoms with Crippen molar-refractivity contribution in [2.75, 3.05) is 6.54 Å². The predicted octanol–water partition coefficient (Wildman–Crippen LogP) is 3.16. The van der Waals surface area contributed by atoms with Crippen LogP contribution in [0.1, 0.15) is 50.0 Å². The highest BCUT2D eigenvalue weighted by atomic mass is 16.6. The van der Waals surface area contributed by atoms with E-state index in [2.05, 4.69) is 17.2 Å². The Labute approximate surface area is 125 Å². The maximum atomic E-state index is 11.6. The molecule has 0 heterocycles. The number of carbonyl (C=O) groups excluding carboxylic acids is 2. The first-order valence-electron chi connectivity index (χ1n) is 6.91. The molecule has 0 bridgehead atoms. The molecule has 4 nitrogen and oxygen atoms in total. The molecule has 0 aliphatic heterocycles. The summed E-state index contributed by atoms with van der Waals surface area (Å²) in [5.41, 5.74) is 0.886. The number of hydrogen-bond donors (Lipinski definition) is 1. The Kier molecular flexibility index (Phi) is 5.98. The first-order chi connectivity index (χ1) is 9.81. The van der Waals surface area contributed by atoms with Gasteiger partial charge in [0.25, 0.3) is 0 Å². The van der Waals surface area contributed by atoms with Crippen LogP contribution in [0.2, 0.25) is 0 Å². The average Bonchev–Trinajstić information content (AvgIpc) is 2.41. The SMILES string of the molecule is CCC(=O)c1cccc(C#CCNC(=O)OC(C)(C)C)c1. The number of nitrogens with one attached hydrogen (secondary N) is 1. The third kappa shape index (κ3) is 6.62. The lowest BCUT2D eigenvalue weighted by Crippen LogP contribution is -2.32. The van der Waals surface area contributed by atoms with Gasteiger partial charge in [0.15, 0.2) is 5.78 Å². The summed E-state index contributed by atoms with van der Waals surface area (Å²) in [7, 11) is 0. The molecule has 0 spiro atoms. The highest BCUT2D eigenvalue weighted by Gasteiger charge is 2.14. The minimum Gasteiger partial charge on any atom is -0.444 e. The topological polar surface area (TPSA) is 55.4 Å². The zero-order valence-electron chi connectivity index (χ0n) is 12.9. The smallest absolute Gasteiger partial charge is 0.408 e. The van der Waals surface area contributed by atoms with E-state index in [0.717, 1.165) is 5.56 Å². The number of carbonyl (C=O) groups is 2. The van der Waals surface area contributed by atoms with E-state index in [9.17, 15) is 9.59 Å². The maximum absolute atomic E-state index is 11.6. The van der Waals surface area contributed by atoms with Crippen molar-refractivity contribution in [3.8, 4) is 11.8 Å². The van der Waals surface area contributed by atoms with Gasteiger partial charge in [0.2, 0.25) is 0 Å². The Morgan fingerprint density at radius 3 is 2.62 bits per heavy atom. The molecule has 0 fully saturated rings. The standard InChI is InChI=1S/C17H21NO3/c1-5-15(19)14-10-6-8-13(12-14)9-7-11-18-16(20)21-17(2,3)4/h6,8,10,12H,5,11H2,1-4H3,(H,18,20). The Hall–Kier alpha value is -2.28. The van der Waals surface area contributed by atoms with Crippen molar-refractivity contribution in [2.24, 2.45) is 0 Å². The molecule has 0 atom stereocenters. The third-order valence-corrected chi connectivity index (χ3v) is 2.46.